The summed E-state index contributed by atoms with van der Waals surface area (Å²) in [6.45, 7) is 0.609. The number of aliphatic hydroxyl groups excluding tert-OH is 2. The molecule has 1 aromatic heterocycles. The molecular formula is C17H18N2O5S. The molecular weight excluding hydrogens is 344 g/mol. The number of rotatable bonds is 7. The highest BCUT2D eigenvalue weighted by molar-refractivity contribution is 7.17. The Labute approximate surface area is 148 Å². The average Bonchev–Trinajstić information content (AvgIpc) is 3.07. The van der Waals surface area contributed by atoms with Crippen LogP contribution in [-0.4, -0.2) is 52.1 Å². The van der Waals surface area contributed by atoms with E-state index in [0.29, 0.717) is 5.56 Å². The Morgan fingerprint density at radius 3 is 2.48 bits per heavy atom. The van der Waals surface area contributed by atoms with Crippen molar-refractivity contribution in [2.45, 2.75) is 19.1 Å². The summed E-state index contributed by atoms with van der Waals surface area (Å²) in [4.78, 5) is 25.5. The molecule has 132 valence electrons. The van der Waals surface area contributed by atoms with Gasteiger partial charge in [0.25, 0.3) is 5.91 Å². The van der Waals surface area contributed by atoms with E-state index >= 15 is 0 Å². The number of aliphatic hydroxyl groups is 2. The zero-order valence-corrected chi connectivity index (χ0v) is 14.2. The van der Waals surface area contributed by atoms with Crippen LogP contribution in [0.15, 0.2) is 41.6 Å². The number of oxime groups is 1. The van der Waals surface area contributed by atoms with Gasteiger partial charge in [-0.3, -0.25) is 9.59 Å². The van der Waals surface area contributed by atoms with Crippen LogP contribution in [0.1, 0.15) is 22.2 Å². The van der Waals surface area contributed by atoms with E-state index < -0.39 is 30.4 Å². The minimum absolute atomic E-state index is 0.328. The first kappa shape index (κ1) is 18.8. The third-order valence-electron chi connectivity index (χ3n) is 3.52. The number of ketones is 1. The molecule has 4 N–H and O–H groups in total. The number of carbonyl (C=O) groups excluding carboxylic acids is 2. The fourth-order valence-electron chi connectivity index (χ4n) is 2.21. The molecule has 1 heterocycles. The topological polar surface area (TPSA) is 119 Å². The number of carbonyl (C=O) groups is 2. The molecule has 0 aliphatic heterocycles. The molecule has 1 aromatic carbocycles. The standard InChI is InChI=1S/C17H18N2O5S/c1-10(21)16(14(22)9-20)19-17(23)12-4-2-11(3-5-12)15-7-6-13(25-15)8-18-24/h2-8,10,16,20-21,24H,9H2,1H3,(H,19,23)/b18-8+/t10-,16+/m1/s1. The predicted octanol–water partition coefficient (Wildman–Crippen LogP) is 1.26. The van der Waals surface area contributed by atoms with Crippen LogP contribution in [0.25, 0.3) is 10.4 Å². The van der Waals surface area contributed by atoms with E-state index in [1.54, 1.807) is 24.3 Å². The molecule has 25 heavy (non-hydrogen) atoms. The van der Waals surface area contributed by atoms with E-state index in [0.717, 1.165) is 15.3 Å². The SMILES string of the molecule is C[C@@H](O)[C@H](NC(=O)c1ccc(-c2ccc(/C=N/O)s2)cc1)C(=O)CO. The Kier molecular flexibility index (Phi) is 6.40. The maximum absolute atomic E-state index is 12.2. The van der Waals surface area contributed by atoms with Crippen LogP contribution in [0.5, 0.6) is 0 Å². The molecule has 0 fully saturated rings. The van der Waals surface area contributed by atoms with Crippen molar-refractivity contribution >= 4 is 29.2 Å². The van der Waals surface area contributed by atoms with Gasteiger partial charge in [-0.15, -0.1) is 11.3 Å². The van der Waals surface area contributed by atoms with Gasteiger partial charge in [-0.2, -0.15) is 0 Å². The minimum Gasteiger partial charge on any atom is -0.411 e. The van der Waals surface area contributed by atoms with E-state index in [1.165, 1.54) is 24.5 Å². The third kappa shape index (κ3) is 4.72. The van der Waals surface area contributed by atoms with Crippen LogP contribution in [-0.2, 0) is 4.79 Å². The van der Waals surface area contributed by atoms with Gasteiger partial charge in [0.2, 0.25) is 0 Å². The number of hydrogen-bond donors (Lipinski definition) is 4. The fraction of sp³-hybridized carbons (Fsp3) is 0.235. The second-order valence-corrected chi connectivity index (χ2v) is 6.46. The number of hydrogen-bond acceptors (Lipinski definition) is 7. The van der Waals surface area contributed by atoms with Gasteiger partial charge < -0.3 is 20.7 Å². The van der Waals surface area contributed by atoms with Crippen molar-refractivity contribution in [2.75, 3.05) is 6.61 Å². The van der Waals surface area contributed by atoms with E-state index in [9.17, 15) is 14.7 Å². The maximum atomic E-state index is 12.2. The normalized spacial score (nSPS) is 13.6. The molecule has 0 saturated carbocycles. The van der Waals surface area contributed by atoms with Gasteiger partial charge in [-0.1, -0.05) is 17.3 Å². The molecule has 0 aliphatic rings. The van der Waals surface area contributed by atoms with Crippen molar-refractivity contribution < 1.29 is 25.0 Å². The number of amides is 1. The molecule has 2 rings (SSSR count). The molecule has 0 saturated heterocycles. The summed E-state index contributed by atoms with van der Waals surface area (Å²) in [7, 11) is 0. The Morgan fingerprint density at radius 1 is 1.24 bits per heavy atom. The highest BCUT2D eigenvalue weighted by atomic mass is 32.1. The number of thiophene rings is 1. The second-order valence-electron chi connectivity index (χ2n) is 5.34. The van der Waals surface area contributed by atoms with Crippen molar-refractivity contribution in [3.8, 4) is 10.4 Å². The Hall–Kier alpha value is -2.55. The summed E-state index contributed by atoms with van der Waals surface area (Å²) in [5.74, 6) is -1.17. The Morgan fingerprint density at radius 2 is 1.92 bits per heavy atom. The monoisotopic (exact) mass is 362 g/mol. The summed E-state index contributed by atoms with van der Waals surface area (Å²) in [6.07, 6.45) is 0.227. The van der Waals surface area contributed by atoms with Crippen molar-refractivity contribution in [3.05, 3.63) is 46.8 Å². The van der Waals surface area contributed by atoms with Gasteiger partial charge in [0.1, 0.15) is 12.6 Å². The van der Waals surface area contributed by atoms with Crippen molar-refractivity contribution in [2.24, 2.45) is 5.16 Å². The molecule has 0 aliphatic carbocycles. The number of benzene rings is 1. The van der Waals surface area contributed by atoms with Crippen LogP contribution < -0.4 is 5.32 Å². The van der Waals surface area contributed by atoms with E-state index in [4.69, 9.17) is 10.3 Å². The maximum Gasteiger partial charge on any atom is 0.251 e. The molecule has 1 amide bonds. The summed E-state index contributed by atoms with van der Waals surface area (Å²) < 4.78 is 0. The van der Waals surface area contributed by atoms with Crippen LogP contribution in [0.2, 0.25) is 0 Å². The van der Waals surface area contributed by atoms with Crippen molar-refractivity contribution in [1.82, 2.24) is 5.32 Å². The van der Waals surface area contributed by atoms with Gasteiger partial charge in [0.15, 0.2) is 5.78 Å². The van der Waals surface area contributed by atoms with Gasteiger partial charge in [-0.25, -0.2) is 0 Å². The lowest BCUT2D eigenvalue weighted by molar-refractivity contribution is -0.125. The zero-order valence-electron chi connectivity index (χ0n) is 13.4. The quantitative estimate of drug-likeness (QED) is 0.336. The fourth-order valence-corrected chi connectivity index (χ4v) is 3.09. The van der Waals surface area contributed by atoms with Crippen molar-refractivity contribution in [1.29, 1.82) is 0 Å². The van der Waals surface area contributed by atoms with Crippen LogP contribution >= 0.6 is 11.3 Å². The molecule has 0 unspecified atom stereocenters. The summed E-state index contributed by atoms with van der Waals surface area (Å²) >= 11 is 1.43. The summed E-state index contributed by atoms with van der Waals surface area (Å²) in [5, 5.41) is 32.4. The van der Waals surface area contributed by atoms with Crippen LogP contribution in [0, 0.1) is 0 Å². The molecule has 0 spiro atoms. The third-order valence-corrected chi connectivity index (χ3v) is 4.58. The van der Waals surface area contributed by atoms with Gasteiger partial charge in [0.05, 0.1) is 12.3 Å². The van der Waals surface area contributed by atoms with E-state index in [2.05, 4.69) is 10.5 Å². The highest BCUT2D eigenvalue weighted by Gasteiger charge is 2.25. The molecule has 8 heteroatoms. The van der Waals surface area contributed by atoms with Gasteiger partial charge in [-0.05, 0) is 36.8 Å². The molecule has 0 bridgehead atoms. The summed E-state index contributed by atoms with van der Waals surface area (Å²) in [6, 6.07) is 9.25. The minimum atomic E-state index is -1.16. The number of Topliss-reactive ketones (excluding diaryl/α,β-unsaturated/α-hetero) is 1. The zero-order chi connectivity index (χ0) is 18.4. The largest absolute Gasteiger partial charge is 0.411 e. The molecule has 2 atom stereocenters. The smallest absolute Gasteiger partial charge is 0.251 e. The summed E-state index contributed by atoms with van der Waals surface area (Å²) in [5.41, 5.74) is 1.21. The first-order chi connectivity index (χ1) is 12.0. The number of nitrogens with zero attached hydrogens (tertiary/aromatic N) is 1. The molecule has 0 radical (unpaired) electrons. The Bertz CT molecular complexity index is 768. The predicted molar refractivity (Wildman–Crippen MR) is 94.2 cm³/mol. The first-order valence-corrected chi connectivity index (χ1v) is 8.28. The second kappa shape index (κ2) is 8.52. The van der Waals surface area contributed by atoms with Gasteiger partial charge >= 0.3 is 0 Å². The molecule has 7 nitrogen and oxygen atoms in total. The van der Waals surface area contributed by atoms with Crippen LogP contribution in [0.4, 0.5) is 0 Å². The first-order valence-electron chi connectivity index (χ1n) is 7.46. The highest BCUT2D eigenvalue weighted by Crippen LogP contribution is 2.27. The lowest BCUT2D eigenvalue weighted by Gasteiger charge is -2.19. The van der Waals surface area contributed by atoms with Gasteiger partial charge in [0, 0.05) is 15.3 Å². The van der Waals surface area contributed by atoms with Crippen molar-refractivity contribution in [3.63, 3.8) is 0 Å². The molecule has 2 aromatic rings. The lowest BCUT2D eigenvalue weighted by atomic mass is 10.1. The van der Waals surface area contributed by atoms with E-state index in [-0.39, 0.29) is 0 Å². The lowest BCUT2D eigenvalue weighted by Crippen LogP contribution is -2.48. The van der Waals surface area contributed by atoms with Crippen LogP contribution in [0.3, 0.4) is 0 Å². The number of nitrogens with one attached hydrogen (secondary N) is 1. The Balaban J connectivity index is 2.12. The average molecular weight is 362 g/mol. The van der Waals surface area contributed by atoms with E-state index in [1.807, 2.05) is 12.1 Å².